The summed E-state index contributed by atoms with van der Waals surface area (Å²) in [5.41, 5.74) is 1.54. The molecule has 1 atom stereocenters. The van der Waals surface area contributed by atoms with Crippen molar-refractivity contribution in [1.82, 2.24) is 20.1 Å². The Balaban J connectivity index is 1.51. The van der Waals surface area contributed by atoms with E-state index >= 15 is 0 Å². The van der Waals surface area contributed by atoms with Crippen molar-refractivity contribution >= 4 is 29.2 Å². The molecule has 0 saturated carbocycles. The number of amides is 1. The van der Waals surface area contributed by atoms with Crippen LogP contribution in [-0.4, -0.2) is 52.3 Å². The van der Waals surface area contributed by atoms with Crippen LogP contribution in [0.1, 0.15) is 5.82 Å². The number of nitrogens with zero attached hydrogens (tertiary/aromatic N) is 4. The Morgan fingerprint density at radius 2 is 2.40 bits per heavy atom. The maximum atomic E-state index is 12.2. The van der Waals surface area contributed by atoms with Crippen LogP contribution in [0.2, 0.25) is 0 Å². The lowest BCUT2D eigenvalue weighted by Gasteiger charge is -2.21. The molecular formula is C15H15N5O4S. The molecule has 0 aliphatic carbocycles. The molecule has 1 amide bonds. The van der Waals surface area contributed by atoms with Crippen molar-refractivity contribution in [3.63, 3.8) is 0 Å². The van der Waals surface area contributed by atoms with Crippen LogP contribution < -0.4 is 15.0 Å². The van der Waals surface area contributed by atoms with E-state index in [4.69, 9.17) is 26.4 Å². The molecule has 25 heavy (non-hydrogen) atoms. The van der Waals surface area contributed by atoms with Crippen LogP contribution >= 0.6 is 12.2 Å². The number of anilines is 1. The maximum Gasteiger partial charge on any atom is 0.414 e. The normalized spacial score (nSPS) is 18.0. The van der Waals surface area contributed by atoms with Gasteiger partial charge in [0, 0.05) is 6.07 Å². The van der Waals surface area contributed by atoms with Gasteiger partial charge in [0.2, 0.25) is 0 Å². The Morgan fingerprint density at radius 3 is 3.24 bits per heavy atom. The zero-order valence-electron chi connectivity index (χ0n) is 13.3. The molecule has 0 spiro atoms. The molecule has 4 rings (SSSR count). The maximum absolute atomic E-state index is 12.2. The summed E-state index contributed by atoms with van der Waals surface area (Å²) in [7, 11) is 1.48. The number of rotatable bonds is 3. The Bertz CT molecular complexity index is 839. The highest BCUT2D eigenvalue weighted by Crippen LogP contribution is 2.34. The van der Waals surface area contributed by atoms with Gasteiger partial charge >= 0.3 is 6.09 Å². The molecule has 130 valence electrons. The second-order valence-corrected chi connectivity index (χ2v) is 5.92. The SMILES string of the molecule is COC(=S)NC[C@H]1CN(c2ccc3c(c2)OCc2nncn2-3)C(=O)O1. The topological polar surface area (TPSA) is 90.7 Å². The van der Waals surface area contributed by atoms with Crippen molar-refractivity contribution in [2.45, 2.75) is 12.7 Å². The highest BCUT2D eigenvalue weighted by molar-refractivity contribution is 7.80. The molecule has 1 saturated heterocycles. The number of aromatic nitrogens is 3. The van der Waals surface area contributed by atoms with Crippen molar-refractivity contribution in [3.05, 3.63) is 30.4 Å². The van der Waals surface area contributed by atoms with Crippen molar-refractivity contribution in [3.8, 4) is 11.4 Å². The van der Waals surface area contributed by atoms with Gasteiger partial charge in [-0.05, 0) is 24.4 Å². The summed E-state index contributed by atoms with van der Waals surface area (Å²) >= 11 is 4.92. The molecule has 0 unspecified atom stereocenters. The zero-order valence-corrected chi connectivity index (χ0v) is 14.2. The van der Waals surface area contributed by atoms with Crippen LogP contribution in [0.15, 0.2) is 24.5 Å². The molecule has 2 aliphatic rings. The number of carbonyl (C=O) groups excluding carboxylic acids is 1. The fourth-order valence-electron chi connectivity index (χ4n) is 2.79. The monoisotopic (exact) mass is 361 g/mol. The number of hydrogen-bond acceptors (Lipinski definition) is 7. The Labute approximate surface area is 148 Å². The quantitative estimate of drug-likeness (QED) is 0.810. The summed E-state index contributed by atoms with van der Waals surface area (Å²) in [6, 6.07) is 5.53. The second-order valence-electron chi connectivity index (χ2n) is 5.55. The molecule has 0 bridgehead atoms. The number of cyclic esters (lactones) is 1. The van der Waals surface area contributed by atoms with E-state index in [1.807, 2.05) is 22.8 Å². The van der Waals surface area contributed by atoms with E-state index in [0.717, 1.165) is 11.5 Å². The number of hydrogen-bond donors (Lipinski definition) is 1. The number of carbonyl (C=O) groups is 1. The molecule has 10 heteroatoms. The van der Waals surface area contributed by atoms with E-state index in [0.29, 0.717) is 31.1 Å². The first kappa shape index (κ1) is 15.6. The second kappa shape index (κ2) is 6.20. The number of ether oxygens (including phenoxy) is 3. The van der Waals surface area contributed by atoms with Gasteiger partial charge in [0.15, 0.2) is 5.82 Å². The molecule has 1 N–H and O–H groups in total. The van der Waals surface area contributed by atoms with E-state index < -0.39 is 6.09 Å². The molecule has 0 radical (unpaired) electrons. The van der Waals surface area contributed by atoms with Gasteiger partial charge in [-0.15, -0.1) is 10.2 Å². The van der Waals surface area contributed by atoms with Crippen LogP contribution in [0, 0.1) is 0 Å². The smallest absolute Gasteiger partial charge is 0.414 e. The first-order chi connectivity index (χ1) is 12.2. The van der Waals surface area contributed by atoms with E-state index in [-0.39, 0.29) is 11.3 Å². The molecule has 9 nitrogen and oxygen atoms in total. The zero-order chi connectivity index (χ0) is 17.4. The van der Waals surface area contributed by atoms with Gasteiger partial charge in [-0.1, -0.05) is 0 Å². The summed E-state index contributed by atoms with van der Waals surface area (Å²) in [4.78, 5) is 13.7. The van der Waals surface area contributed by atoms with Gasteiger partial charge in [-0.25, -0.2) is 4.79 Å². The van der Waals surface area contributed by atoms with Crippen LogP contribution in [0.4, 0.5) is 10.5 Å². The summed E-state index contributed by atoms with van der Waals surface area (Å²) in [5, 5.41) is 11.0. The Hall–Kier alpha value is -2.88. The largest absolute Gasteiger partial charge is 0.483 e. The average molecular weight is 361 g/mol. The van der Waals surface area contributed by atoms with Gasteiger partial charge in [-0.3, -0.25) is 9.47 Å². The fraction of sp³-hybridized carbons (Fsp3) is 0.333. The summed E-state index contributed by atoms with van der Waals surface area (Å²) in [6.07, 6.45) is 0.916. The Kier molecular flexibility index (Phi) is 3.88. The van der Waals surface area contributed by atoms with E-state index in [9.17, 15) is 4.79 Å². The lowest BCUT2D eigenvalue weighted by atomic mass is 10.2. The third-order valence-electron chi connectivity index (χ3n) is 4.02. The Morgan fingerprint density at radius 1 is 1.52 bits per heavy atom. The van der Waals surface area contributed by atoms with Crippen LogP contribution in [0.3, 0.4) is 0 Å². The molecule has 1 aromatic carbocycles. The number of benzene rings is 1. The van der Waals surface area contributed by atoms with E-state index in [1.165, 1.54) is 7.11 Å². The van der Waals surface area contributed by atoms with Gasteiger partial charge < -0.3 is 19.5 Å². The summed E-state index contributed by atoms with van der Waals surface area (Å²) in [5.74, 6) is 1.40. The third kappa shape index (κ3) is 2.84. The van der Waals surface area contributed by atoms with E-state index in [1.54, 1.807) is 11.2 Å². The average Bonchev–Trinajstić information content (AvgIpc) is 3.25. The third-order valence-corrected chi connectivity index (χ3v) is 4.33. The van der Waals surface area contributed by atoms with Gasteiger partial charge in [0.25, 0.3) is 5.17 Å². The van der Waals surface area contributed by atoms with Crippen LogP contribution in [0.5, 0.6) is 5.75 Å². The van der Waals surface area contributed by atoms with Gasteiger partial charge in [-0.2, -0.15) is 0 Å². The molecule has 2 aromatic rings. The standard InChI is InChI=1S/C15H15N5O4S/c1-22-14(25)16-5-10-6-19(15(21)24-10)9-2-3-11-12(4-9)23-7-13-18-17-8-20(11)13/h2-4,8,10H,5-7H2,1H3,(H,16,25)/t10-/m0/s1. The predicted molar refractivity (Wildman–Crippen MR) is 90.9 cm³/mol. The predicted octanol–water partition coefficient (Wildman–Crippen LogP) is 1.01. The highest BCUT2D eigenvalue weighted by atomic mass is 32.1. The van der Waals surface area contributed by atoms with Crippen molar-refractivity contribution in [2.75, 3.05) is 25.1 Å². The molecular weight excluding hydrogens is 346 g/mol. The molecule has 3 heterocycles. The summed E-state index contributed by atoms with van der Waals surface area (Å²) in [6.45, 7) is 1.14. The highest BCUT2D eigenvalue weighted by Gasteiger charge is 2.33. The number of nitrogens with one attached hydrogen (secondary N) is 1. The molecule has 2 aliphatic heterocycles. The molecule has 1 aromatic heterocycles. The fourth-order valence-corrected chi connectivity index (χ4v) is 2.88. The number of thiocarbonyl (C=S) groups is 1. The first-order valence-corrected chi connectivity index (χ1v) is 8.02. The van der Waals surface area contributed by atoms with Crippen molar-refractivity contribution in [2.24, 2.45) is 0 Å². The van der Waals surface area contributed by atoms with Gasteiger partial charge in [0.05, 0.1) is 31.6 Å². The van der Waals surface area contributed by atoms with Gasteiger partial charge in [0.1, 0.15) is 24.8 Å². The van der Waals surface area contributed by atoms with Crippen molar-refractivity contribution in [1.29, 1.82) is 0 Å². The first-order valence-electron chi connectivity index (χ1n) is 7.62. The summed E-state index contributed by atoms with van der Waals surface area (Å²) < 4.78 is 17.8. The minimum atomic E-state index is -0.407. The number of fused-ring (bicyclic) bond motifs is 3. The van der Waals surface area contributed by atoms with Crippen LogP contribution in [0.25, 0.3) is 5.69 Å². The molecule has 1 fully saturated rings. The lowest BCUT2D eigenvalue weighted by molar-refractivity contribution is 0.142. The van der Waals surface area contributed by atoms with Crippen molar-refractivity contribution < 1.29 is 19.0 Å². The van der Waals surface area contributed by atoms with Crippen LogP contribution in [-0.2, 0) is 16.1 Å². The lowest BCUT2D eigenvalue weighted by Crippen LogP contribution is -2.34. The van der Waals surface area contributed by atoms with E-state index in [2.05, 4.69) is 15.5 Å². The number of methoxy groups -OCH3 is 1. The minimum absolute atomic E-state index is 0.265. The minimum Gasteiger partial charge on any atom is -0.483 e.